The van der Waals surface area contributed by atoms with Crippen molar-refractivity contribution in [2.45, 2.75) is 65.0 Å². The van der Waals surface area contributed by atoms with E-state index in [-0.39, 0.29) is 6.04 Å². The predicted molar refractivity (Wildman–Crippen MR) is 76.1 cm³/mol. The third kappa shape index (κ3) is 5.68. The van der Waals surface area contributed by atoms with E-state index in [1.807, 2.05) is 6.92 Å². The van der Waals surface area contributed by atoms with Gasteiger partial charge in [-0.2, -0.15) is 0 Å². The zero-order chi connectivity index (χ0) is 14.3. The van der Waals surface area contributed by atoms with Crippen LogP contribution in [-0.2, 0) is 0 Å². The van der Waals surface area contributed by atoms with Crippen LogP contribution >= 0.6 is 0 Å². The van der Waals surface area contributed by atoms with Crippen LogP contribution in [0.3, 0.4) is 0 Å². The number of hydrogen-bond donors (Lipinski definition) is 1. The first-order valence-corrected chi connectivity index (χ1v) is 7.28. The van der Waals surface area contributed by atoms with Gasteiger partial charge in [0.2, 0.25) is 0 Å². The minimum atomic E-state index is -0.510. The third-order valence-electron chi connectivity index (χ3n) is 3.41. The van der Waals surface area contributed by atoms with Gasteiger partial charge in [0.1, 0.15) is 11.6 Å². The minimum absolute atomic E-state index is 0.0291. The summed E-state index contributed by atoms with van der Waals surface area (Å²) >= 11 is 0. The average molecular weight is 269 g/mol. The summed E-state index contributed by atoms with van der Waals surface area (Å²) in [5.74, 6) is -1.02. The third-order valence-corrected chi connectivity index (χ3v) is 3.41. The summed E-state index contributed by atoms with van der Waals surface area (Å²) in [6.45, 7) is 6.30. The van der Waals surface area contributed by atoms with Crippen LogP contribution in [0.2, 0.25) is 0 Å². The highest BCUT2D eigenvalue weighted by Crippen LogP contribution is 2.18. The van der Waals surface area contributed by atoms with Gasteiger partial charge < -0.3 is 5.32 Å². The second-order valence-electron chi connectivity index (χ2n) is 5.22. The zero-order valence-corrected chi connectivity index (χ0v) is 12.2. The molecule has 1 nitrogen and oxygen atoms in total. The fourth-order valence-electron chi connectivity index (χ4n) is 2.38. The molecule has 1 rings (SSSR count). The zero-order valence-electron chi connectivity index (χ0n) is 12.2. The molecule has 108 valence electrons. The molecule has 0 heterocycles. The van der Waals surface area contributed by atoms with Gasteiger partial charge in [-0.3, -0.25) is 0 Å². The minimum Gasteiger partial charge on any atom is -0.307 e. The summed E-state index contributed by atoms with van der Waals surface area (Å²) < 4.78 is 26.4. The first-order chi connectivity index (χ1) is 9.06. The fourth-order valence-corrected chi connectivity index (χ4v) is 2.38. The molecule has 0 aliphatic rings. The molecule has 0 amide bonds. The molecule has 3 heteroatoms. The Morgan fingerprint density at radius 1 is 1.00 bits per heavy atom. The number of halogens is 2. The van der Waals surface area contributed by atoms with E-state index in [0.29, 0.717) is 11.6 Å². The molecule has 0 radical (unpaired) electrons. The van der Waals surface area contributed by atoms with Crippen molar-refractivity contribution in [1.29, 1.82) is 0 Å². The molecule has 0 aliphatic carbocycles. The molecule has 0 bridgehead atoms. The van der Waals surface area contributed by atoms with E-state index < -0.39 is 11.6 Å². The van der Waals surface area contributed by atoms with Crippen molar-refractivity contribution in [1.82, 2.24) is 5.32 Å². The van der Waals surface area contributed by atoms with E-state index in [9.17, 15) is 8.78 Å². The van der Waals surface area contributed by atoms with Gasteiger partial charge in [0, 0.05) is 18.2 Å². The summed E-state index contributed by atoms with van der Waals surface area (Å²) in [5, 5.41) is 3.49. The lowest BCUT2D eigenvalue weighted by molar-refractivity contribution is 0.394. The monoisotopic (exact) mass is 269 g/mol. The van der Waals surface area contributed by atoms with Crippen LogP contribution < -0.4 is 5.32 Å². The molecule has 2 atom stereocenters. The Hall–Kier alpha value is -0.960. The maximum atomic E-state index is 13.2. The van der Waals surface area contributed by atoms with Crippen LogP contribution in [0.15, 0.2) is 18.2 Å². The molecule has 0 fully saturated rings. The second kappa shape index (κ2) is 8.26. The van der Waals surface area contributed by atoms with Crippen LogP contribution in [0.5, 0.6) is 0 Å². The largest absolute Gasteiger partial charge is 0.307 e. The summed E-state index contributed by atoms with van der Waals surface area (Å²) in [6, 6.07) is 4.12. The van der Waals surface area contributed by atoms with Crippen LogP contribution in [0.4, 0.5) is 8.78 Å². The Labute approximate surface area is 115 Å². The Morgan fingerprint density at radius 2 is 1.63 bits per heavy atom. The normalized spacial score (nSPS) is 14.4. The Balaban J connectivity index is 2.66. The first kappa shape index (κ1) is 16.1. The maximum absolute atomic E-state index is 13.2. The SMILES string of the molecule is CCCCC(CCC)NC(C)c1cc(F)cc(F)c1. The van der Waals surface area contributed by atoms with Gasteiger partial charge in [-0.05, 0) is 37.5 Å². The molecular formula is C16H25F2N. The van der Waals surface area contributed by atoms with Crippen molar-refractivity contribution < 1.29 is 8.78 Å². The lowest BCUT2D eigenvalue weighted by Gasteiger charge is -2.23. The molecule has 19 heavy (non-hydrogen) atoms. The van der Waals surface area contributed by atoms with Gasteiger partial charge >= 0.3 is 0 Å². The van der Waals surface area contributed by atoms with Crippen molar-refractivity contribution in [3.05, 3.63) is 35.4 Å². The maximum Gasteiger partial charge on any atom is 0.126 e. The number of rotatable bonds is 8. The highest BCUT2D eigenvalue weighted by atomic mass is 19.1. The highest BCUT2D eigenvalue weighted by Gasteiger charge is 2.14. The van der Waals surface area contributed by atoms with Gasteiger partial charge in [0.15, 0.2) is 0 Å². The average Bonchev–Trinajstić information content (AvgIpc) is 2.35. The van der Waals surface area contributed by atoms with Crippen LogP contribution in [0, 0.1) is 11.6 Å². The Bertz CT molecular complexity index is 359. The quantitative estimate of drug-likeness (QED) is 0.702. The number of nitrogens with one attached hydrogen (secondary N) is 1. The Morgan fingerprint density at radius 3 is 2.16 bits per heavy atom. The second-order valence-corrected chi connectivity index (χ2v) is 5.22. The van der Waals surface area contributed by atoms with Crippen LogP contribution in [-0.4, -0.2) is 6.04 Å². The van der Waals surface area contributed by atoms with Crippen molar-refractivity contribution in [3.8, 4) is 0 Å². The first-order valence-electron chi connectivity index (χ1n) is 7.28. The van der Waals surface area contributed by atoms with Crippen LogP contribution in [0.25, 0.3) is 0 Å². The molecule has 1 N–H and O–H groups in total. The molecule has 0 aliphatic heterocycles. The fraction of sp³-hybridized carbons (Fsp3) is 0.625. The highest BCUT2D eigenvalue weighted by molar-refractivity contribution is 5.21. The van der Waals surface area contributed by atoms with Crippen molar-refractivity contribution in [2.24, 2.45) is 0 Å². The topological polar surface area (TPSA) is 12.0 Å². The molecule has 0 saturated heterocycles. The standard InChI is InChI=1S/C16H25F2N/c1-4-6-8-16(7-5-2)19-12(3)13-9-14(17)11-15(18)10-13/h9-12,16,19H,4-8H2,1-3H3. The summed E-state index contributed by atoms with van der Waals surface area (Å²) in [5.41, 5.74) is 0.676. The smallest absolute Gasteiger partial charge is 0.126 e. The number of benzene rings is 1. The number of unbranched alkanes of at least 4 members (excludes halogenated alkanes) is 1. The van der Waals surface area contributed by atoms with Gasteiger partial charge in [0.05, 0.1) is 0 Å². The number of hydrogen-bond acceptors (Lipinski definition) is 1. The van der Waals surface area contributed by atoms with Gasteiger partial charge in [-0.25, -0.2) is 8.78 Å². The molecule has 0 aromatic heterocycles. The summed E-state index contributed by atoms with van der Waals surface area (Å²) in [7, 11) is 0. The summed E-state index contributed by atoms with van der Waals surface area (Å²) in [6.07, 6.45) is 5.69. The molecule has 1 aromatic carbocycles. The lowest BCUT2D eigenvalue weighted by atomic mass is 10.0. The van der Waals surface area contributed by atoms with Crippen molar-refractivity contribution in [2.75, 3.05) is 0 Å². The van der Waals surface area contributed by atoms with E-state index in [2.05, 4.69) is 19.2 Å². The molecule has 2 unspecified atom stereocenters. The van der Waals surface area contributed by atoms with E-state index in [0.717, 1.165) is 25.3 Å². The lowest BCUT2D eigenvalue weighted by Crippen LogP contribution is -2.31. The summed E-state index contributed by atoms with van der Waals surface area (Å²) in [4.78, 5) is 0. The molecule has 1 aromatic rings. The molecule has 0 saturated carbocycles. The van der Waals surface area contributed by atoms with Gasteiger partial charge in [0.25, 0.3) is 0 Å². The van der Waals surface area contributed by atoms with E-state index in [4.69, 9.17) is 0 Å². The molecule has 0 spiro atoms. The van der Waals surface area contributed by atoms with Gasteiger partial charge in [-0.1, -0.05) is 33.1 Å². The van der Waals surface area contributed by atoms with Gasteiger partial charge in [-0.15, -0.1) is 0 Å². The van der Waals surface area contributed by atoms with E-state index >= 15 is 0 Å². The van der Waals surface area contributed by atoms with Crippen LogP contribution in [0.1, 0.15) is 64.5 Å². The predicted octanol–water partition coefficient (Wildman–Crippen LogP) is 4.97. The Kier molecular flexibility index (Phi) is 7.00. The van der Waals surface area contributed by atoms with Crippen molar-refractivity contribution in [3.63, 3.8) is 0 Å². The molecular weight excluding hydrogens is 244 g/mol. The van der Waals surface area contributed by atoms with E-state index in [1.54, 1.807) is 0 Å². The van der Waals surface area contributed by atoms with E-state index in [1.165, 1.54) is 25.0 Å². The van der Waals surface area contributed by atoms with Crippen molar-refractivity contribution >= 4 is 0 Å².